The molecule has 0 aromatic heterocycles. The number of rotatable bonds is 2. The van der Waals surface area contributed by atoms with Gasteiger partial charge >= 0.3 is 0 Å². The average Bonchev–Trinajstić information content (AvgIpc) is 2.00. The van der Waals surface area contributed by atoms with E-state index in [1.807, 2.05) is 0 Å². The summed E-state index contributed by atoms with van der Waals surface area (Å²) in [5.41, 5.74) is -0.850. The van der Waals surface area contributed by atoms with Gasteiger partial charge in [0.15, 0.2) is 0 Å². The van der Waals surface area contributed by atoms with E-state index in [1.165, 1.54) is 0 Å². The van der Waals surface area contributed by atoms with Crippen molar-refractivity contribution in [3.05, 3.63) is 0 Å². The Kier molecular flexibility index (Phi) is 2.40. The van der Waals surface area contributed by atoms with Crippen molar-refractivity contribution in [1.29, 1.82) is 0 Å². The molecule has 0 aromatic rings. The van der Waals surface area contributed by atoms with Crippen LogP contribution < -0.4 is 5.14 Å². The van der Waals surface area contributed by atoms with Gasteiger partial charge in [-0.25, -0.2) is 22.3 Å². The van der Waals surface area contributed by atoms with Crippen molar-refractivity contribution in [3.8, 4) is 0 Å². The maximum Gasteiger partial charge on any atom is 0.248 e. The zero-order valence-corrected chi connectivity index (χ0v) is 8.20. The summed E-state index contributed by atoms with van der Waals surface area (Å²) >= 11 is 0. The van der Waals surface area contributed by atoms with Gasteiger partial charge in [0.2, 0.25) is 15.9 Å². The van der Waals surface area contributed by atoms with Gasteiger partial charge in [-0.3, -0.25) is 0 Å². The highest BCUT2D eigenvalue weighted by atomic mass is 32.2. The van der Waals surface area contributed by atoms with E-state index in [0.29, 0.717) is 0 Å². The molecule has 1 aliphatic rings. The second-order valence-electron chi connectivity index (χ2n) is 4.15. The fraction of sp³-hybridized carbons (Fsp3) is 1.00. The molecule has 6 heteroatoms. The normalized spacial score (nSPS) is 33.5. The van der Waals surface area contributed by atoms with Crippen molar-refractivity contribution < 1.29 is 17.2 Å². The topological polar surface area (TPSA) is 60.2 Å². The third-order valence-corrected chi connectivity index (χ3v) is 3.43. The van der Waals surface area contributed by atoms with Crippen LogP contribution in [0.25, 0.3) is 0 Å². The summed E-state index contributed by atoms with van der Waals surface area (Å²) in [4.78, 5) is 0. The number of alkyl halides is 2. The third-order valence-electron chi connectivity index (χ3n) is 2.33. The van der Waals surface area contributed by atoms with Crippen LogP contribution in [0.4, 0.5) is 8.78 Å². The lowest BCUT2D eigenvalue weighted by atomic mass is 9.91. The molecule has 0 radical (unpaired) electrons. The number of nitrogens with two attached hydrogens (primary N) is 1. The Bertz CT molecular complexity index is 302. The first-order valence-electron chi connectivity index (χ1n) is 4.00. The molecule has 0 aliphatic heterocycles. The maximum atomic E-state index is 12.8. The van der Waals surface area contributed by atoms with Crippen molar-refractivity contribution >= 4 is 10.0 Å². The standard InChI is InChI=1S/C7H13F2NO2S/c1-6(5-13(10,11)12)2-3-7(8,9)4-6/h2-5H2,1H3,(H2,10,11,12). The van der Waals surface area contributed by atoms with E-state index in [0.717, 1.165) is 0 Å². The second kappa shape index (κ2) is 2.88. The van der Waals surface area contributed by atoms with Crippen LogP contribution in [0, 0.1) is 5.41 Å². The number of primary sulfonamides is 1. The van der Waals surface area contributed by atoms with Crippen LogP contribution >= 0.6 is 0 Å². The van der Waals surface area contributed by atoms with E-state index >= 15 is 0 Å². The van der Waals surface area contributed by atoms with Gasteiger partial charge in [0.05, 0.1) is 5.75 Å². The molecule has 1 fully saturated rings. The second-order valence-corrected chi connectivity index (χ2v) is 5.76. The Hall–Kier alpha value is -0.230. The molecule has 2 N–H and O–H groups in total. The highest BCUT2D eigenvalue weighted by Crippen LogP contribution is 2.47. The minimum Gasteiger partial charge on any atom is -0.229 e. The summed E-state index contributed by atoms with van der Waals surface area (Å²) in [6, 6.07) is 0. The Morgan fingerprint density at radius 1 is 1.38 bits per heavy atom. The van der Waals surface area contributed by atoms with Gasteiger partial charge < -0.3 is 0 Å². The van der Waals surface area contributed by atoms with Gasteiger partial charge in [0.25, 0.3) is 0 Å². The summed E-state index contributed by atoms with van der Waals surface area (Å²) in [7, 11) is -3.65. The maximum absolute atomic E-state index is 12.8. The van der Waals surface area contributed by atoms with Crippen LogP contribution in [0.3, 0.4) is 0 Å². The molecule has 0 amide bonds. The van der Waals surface area contributed by atoms with E-state index in [9.17, 15) is 17.2 Å². The van der Waals surface area contributed by atoms with E-state index in [4.69, 9.17) is 5.14 Å². The van der Waals surface area contributed by atoms with Crippen molar-refractivity contribution in [1.82, 2.24) is 0 Å². The summed E-state index contributed by atoms with van der Waals surface area (Å²) in [6.45, 7) is 1.54. The molecule has 0 heterocycles. The van der Waals surface area contributed by atoms with Gasteiger partial charge in [-0.15, -0.1) is 0 Å². The summed E-state index contributed by atoms with van der Waals surface area (Å²) in [5.74, 6) is -3.07. The molecule has 0 spiro atoms. The molecule has 1 saturated carbocycles. The summed E-state index contributed by atoms with van der Waals surface area (Å²) in [6.07, 6.45) is -0.397. The predicted octanol–water partition coefficient (Wildman–Crippen LogP) is 1.10. The smallest absolute Gasteiger partial charge is 0.229 e. The summed E-state index contributed by atoms with van der Waals surface area (Å²) in [5, 5.41) is 4.82. The Morgan fingerprint density at radius 3 is 2.23 bits per heavy atom. The fourth-order valence-electron chi connectivity index (χ4n) is 1.89. The van der Waals surface area contributed by atoms with Crippen LogP contribution in [0.15, 0.2) is 0 Å². The first kappa shape index (κ1) is 10.8. The van der Waals surface area contributed by atoms with Gasteiger partial charge in [-0.2, -0.15) is 0 Å². The van der Waals surface area contributed by atoms with Gasteiger partial charge in [0, 0.05) is 12.8 Å². The third kappa shape index (κ3) is 3.19. The monoisotopic (exact) mass is 213 g/mol. The highest BCUT2D eigenvalue weighted by molar-refractivity contribution is 7.89. The number of hydrogen-bond donors (Lipinski definition) is 1. The van der Waals surface area contributed by atoms with Crippen LogP contribution in [0.2, 0.25) is 0 Å². The predicted molar refractivity (Wildman–Crippen MR) is 44.9 cm³/mol. The zero-order valence-electron chi connectivity index (χ0n) is 7.39. The minimum atomic E-state index is -3.65. The lowest BCUT2D eigenvalue weighted by Gasteiger charge is -2.21. The molecule has 1 aliphatic carbocycles. The molecule has 0 aromatic carbocycles. The van der Waals surface area contributed by atoms with Crippen LogP contribution in [-0.2, 0) is 10.0 Å². The molecular formula is C7H13F2NO2S. The molecular weight excluding hydrogens is 200 g/mol. The zero-order chi connectivity index (χ0) is 10.3. The van der Waals surface area contributed by atoms with Crippen molar-refractivity contribution in [2.75, 3.05) is 5.75 Å². The SMILES string of the molecule is CC1(CS(N)(=O)=O)CCC(F)(F)C1. The van der Waals surface area contributed by atoms with Crippen molar-refractivity contribution in [3.63, 3.8) is 0 Å². The molecule has 1 rings (SSSR count). The highest BCUT2D eigenvalue weighted by Gasteiger charge is 2.47. The number of hydrogen-bond acceptors (Lipinski definition) is 2. The van der Waals surface area contributed by atoms with E-state index in [-0.39, 0.29) is 25.0 Å². The molecule has 3 nitrogen and oxygen atoms in total. The minimum absolute atomic E-state index is 0.219. The Balaban J connectivity index is 2.71. The molecule has 1 unspecified atom stereocenters. The van der Waals surface area contributed by atoms with E-state index in [2.05, 4.69) is 0 Å². The van der Waals surface area contributed by atoms with Gasteiger partial charge in [0.1, 0.15) is 0 Å². The molecule has 0 saturated heterocycles. The van der Waals surface area contributed by atoms with Crippen molar-refractivity contribution in [2.45, 2.75) is 32.1 Å². The van der Waals surface area contributed by atoms with Gasteiger partial charge in [-0.05, 0) is 11.8 Å². The van der Waals surface area contributed by atoms with Crippen LogP contribution in [0.5, 0.6) is 0 Å². The Morgan fingerprint density at radius 2 is 1.92 bits per heavy atom. The quantitative estimate of drug-likeness (QED) is 0.746. The molecule has 0 bridgehead atoms. The largest absolute Gasteiger partial charge is 0.248 e. The number of halogens is 2. The van der Waals surface area contributed by atoms with Crippen molar-refractivity contribution in [2.24, 2.45) is 10.6 Å². The number of sulfonamides is 1. The van der Waals surface area contributed by atoms with Gasteiger partial charge in [-0.1, -0.05) is 6.92 Å². The summed E-state index contributed by atoms with van der Waals surface area (Å²) < 4.78 is 47.0. The fourth-order valence-corrected chi connectivity index (χ4v) is 3.11. The van der Waals surface area contributed by atoms with E-state index < -0.39 is 21.4 Å². The van der Waals surface area contributed by atoms with Crippen LogP contribution in [-0.4, -0.2) is 20.1 Å². The van der Waals surface area contributed by atoms with Crippen LogP contribution in [0.1, 0.15) is 26.2 Å². The average molecular weight is 213 g/mol. The first-order valence-corrected chi connectivity index (χ1v) is 5.72. The lowest BCUT2D eigenvalue weighted by Crippen LogP contribution is -2.30. The lowest BCUT2D eigenvalue weighted by molar-refractivity contribution is -0.000193. The Labute approximate surface area is 76.4 Å². The molecule has 78 valence electrons. The first-order chi connectivity index (χ1) is 5.62. The molecule has 13 heavy (non-hydrogen) atoms. The molecule has 1 atom stereocenters. The van der Waals surface area contributed by atoms with E-state index in [1.54, 1.807) is 6.92 Å².